The van der Waals surface area contributed by atoms with E-state index in [1.807, 2.05) is 0 Å². The number of ether oxygens (including phenoxy) is 1. The van der Waals surface area contributed by atoms with Crippen LogP contribution in [0.25, 0.3) is 0 Å². The zero-order valence-corrected chi connectivity index (χ0v) is 13.0. The second-order valence-corrected chi connectivity index (χ2v) is 7.44. The number of hydrogen-bond acceptors (Lipinski definition) is 4. The molecule has 1 fully saturated rings. The van der Waals surface area contributed by atoms with Crippen LogP contribution in [0.15, 0.2) is 29.2 Å². The van der Waals surface area contributed by atoms with Gasteiger partial charge in [0.1, 0.15) is 0 Å². The highest BCUT2D eigenvalue weighted by atomic mass is 32.2. The smallest absolute Gasteiger partial charge is 0.251 e. The molecule has 0 heterocycles. The zero-order valence-electron chi connectivity index (χ0n) is 12.2. The summed E-state index contributed by atoms with van der Waals surface area (Å²) >= 11 is 0. The number of amides is 1. The Bertz CT molecular complexity index is 576. The summed E-state index contributed by atoms with van der Waals surface area (Å²) in [5.41, 5.74) is 0.460. The first kappa shape index (κ1) is 16.0. The number of benzene rings is 1. The van der Waals surface area contributed by atoms with Crippen molar-refractivity contribution in [3.8, 4) is 0 Å². The highest BCUT2D eigenvalue weighted by Crippen LogP contribution is 2.28. The second-order valence-electron chi connectivity index (χ2n) is 5.42. The van der Waals surface area contributed by atoms with E-state index < -0.39 is 9.84 Å². The van der Waals surface area contributed by atoms with Gasteiger partial charge in [-0.2, -0.15) is 0 Å². The molecule has 116 valence electrons. The normalized spacial score (nSPS) is 14.9. The molecule has 0 bridgehead atoms. The Morgan fingerprint density at radius 1 is 1.29 bits per heavy atom. The maximum absolute atomic E-state index is 11.9. The van der Waals surface area contributed by atoms with Gasteiger partial charge in [0.2, 0.25) is 0 Å². The van der Waals surface area contributed by atoms with Gasteiger partial charge in [-0.15, -0.1) is 0 Å². The monoisotopic (exact) mass is 311 g/mol. The predicted octanol–water partition coefficient (Wildman–Crippen LogP) is 1.64. The summed E-state index contributed by atoms with van der Waals surface area (Å²) in [6.45, 7) is 2.04. The average molecular weight is 311 g/mol. The van der Waals surface area contributed by atoms with Gasteiger partial charge in [-0.25, -0.2) is 8.42 Å². The first-order valence-corrected chi connectivity index (χ1v) is 9.02. The maximum atomic E-state index is 11.9. The summed E-state index contributed by atoms with van der Waals surface area (Å²) in [7, 11) is -3.22. The molecule has 0 unspecified atom stereocenters. The van der Waals surface area contributed by atoms with Gasteiger partial charge in [0.05, 0.1) is 4.90 Å². The molecule has 0 saturated heterocycles. The Labute approximate surface area is 125 Å². The summed E-state index contributed by atoms with van der Waals surface area (Å²) in [6, 6.07) is 5.94. The van der Waals surface area contributed by atoms with Crippen molar-refractivity contribution in [1.82, 2.24) is 5.32 Å². The van der Waals surface area contributed by atoms with E-state index in [1.165, 1.54) is 37.1 Å². The molecule has 1 aliphatic rings. The molecule has 1 N–H and O–H groups in total. The van der Waals surface area contributed by atoms with Crippen LogP contribution in [0.3, 0.4) is 0 Å². The van der Waals surface area contributed by atoms with Gasteiger partial charge in [-0.3, -0.25) is 4.79 Å². The highest BCUT2D eigenvalue weighted by molar-refractivity contribution is 7.90. The van der Waals surface area contributed by atoms with Gasteiger partial charge in [0.15, 0.2) is 9.84 Å². The molecule has 1 saturated carbocycles. The van der Waals surface area contributed by atoms with E-state index in [0.29, 0.717) is 18.7 Å². The van der Waals surface area contributed by atoms with Crippen molar-refractivity contribution >= 4 is 15.7 Å². The molecule has 6 heteroatoms. The molecule has 1 aromatic carbocycles. The number of nitrogens with one attached hydrogen (secondary N) is 1. The van der Waals surface area contributed by atoms with Crippen molar-refractivity contribution in [1.29, 1.82) is 0 Å². The van der Waals surface area contributed by atoms with Gasteiger partial charge >= 0.3 is 0 Å². The minimum absolute atomic E-state index is 0.197. The van der Waals surface area contributed by atoms with E-state index in [4.69, 9.17) is 4.74 Å². The van der Waals surface area contributed by atoms with E-state index in [0.717, 1.165) is 25.2 Å². The molecule has 1 amide bonds. The minimum Gasteiger partial charge on any atom is -0.381 e. The molecule has 0 atom stereocenters. The first-order valence-electron chi connectivity index (χ1n) is 7.13. The lowest BCUT2D eigenvalue weighted by Gasteiger charge is -2.06. The van der Waals surface area contributed by atoms with E-state index in [-0.39, 0.29) is 10.8 Å². The summed E-state index contributed by atoms with van der Waals surface area (Å²) < 4.78 is 28.1. The third-order valence-electron chi connectivity index (χ3n) is 3.35. The van der Waals surface area contributed by atoms with Crippen LogP contribution >= 0.6 is 0 Å². The van der Waals surface area contributed by atoms with E-state index >= 15 is 0 Å². The van der Waals surface area contributed by atoms with Gasteiger partial charge in [-0.1, -0.05) is 0 Å². The minimum atomic E-state index is -3.22. The SMILES string of the molecule is CS(=O)(=O)c1ccc(C(=O)NCCCOCC2CC2)cc1. The topological polar surface area (TPSA) is 72.5 Å². The molecule has 0 aromatic heterocycles. The van der Waals surface area contributed by atoms with Crippen LogP contribution in [0.1, 0.15) is 29.6 Å². The van der Waals surface area contributed by atoms with Crippen molar-refractivity contribution in [3.63, 3.8) is 0 Å². The highest BCUT2D eigenvalue weighted by Gasteiger charge is 2.20. The molecule has 0 radical (unpaired) electrons. The van der Waals surface area contributed by atoms with E-state index in [9.17, 15) is 13.2 Å². The number of carbonyl (C=O) groups is 1. The van der Waals surface area contributed by atoms with Crippen LogP contribution in [0, 0.1) is 5.92 Å². The van der Waals surface area contributed by atoms with Crippen LogP contribution < -0.4 is 5.32 Å². The standard InChI is InChI=1S/C15H21NO4S/c1-21(18,19)14-7-5-13(6-8-14)15(17)16-9-2-10-20-11-12-3-4-12/h5-8,12H,2-4,9-11H2,1H3,(H,16,17). The first-order chi connectivity index (χ1) is 9.97. The van der Waals surface area contributed by atoms with E-state index in [1.54, 1.807) is 0 Å². The fourth-order valence-corrected chi connectivity index (χ4v) is 2.50. The van der Waals surface area contributed by atoms with Crippen LogP contribution in [-0.2, 0) is 14.6 Å². The van der Waals surface area contributed by atoms with Gasteiger partial charge in [0, 0.05) is 31.6 Å². The Morgan fingerprint density at radius 2 is 1.95 bits per heavy atom. The fraction of sp³-hybridized carbons (Fsp3) is 0.533. The lowest BCUT2D eigenvalue weighted by Crippen LogP contribution is -2.25. The van der Waals surface area contributed by atoms with Crippen molar-refractivity contribution in [3.05, 3.63) is 29.8 Å². The molecular formula is C15H21NO4S. The quantitative estimate of drug-likeness (QED) is 0.741. The summed E-state index contributed by atoms with van der Waals surface area (Å²) in [4.78, 5) is 12.1. The molecule has 5 nitrogen and oxygen atoms in total. The van der Waals surface area contributed by atoms with E-state index in [2.05, 4.69) is 5.32 Å². The molecule has 0 aliphatic heterocycles. The van der Waals surface area contributed by atoms with Gasteiger partial charge < -0.3 is 10.1 Å². The average Bonchev–Trinajstić information content (AvgIpc) is 3.26. The van der Waals surface area contributed by atoms with Crippen LogP contribution in [0.4, 0.5) is 0 Å². The van der Waals surface area contributed by atoms with Gasteiger partial charge in [-0.05, 0) is 49.4 Å². The second kappa shape index (κ2) is 7.04. The Kier molecular flexibility index (Phi) is 5.36. The van der Waals surface area contributed by atoms with Crippen molar-refractivity contribution in [2.45, 2.75) is 24.2 Å². The summed E-state index contributed by atoms with van der Waals surface area (Å²) in [5.74, 6) is 0.560. The third kappa shape index (κ3) is 5.47. The number of rotatable bonds is 8. The molecular weight excluding hydrogens is 290 g/mol. The summed E-state index contributed by atoms with van der Waals surface area (Å²) in [5, 5.41) is 2.79. The molecule has 21 heavy (non-hydrogen) atoms. The fourth-order valence-electron chi connectivity index (χ4n) is 1.87. The van der Waals surface area contributed by atoms with Crippen molar-refractivity contribution < 1.29 is 17.9 Å². The Hall–Kier alpha value is -1.40. The largest absolute Gasteiger partial charge is 0.381 e. The van der Waals surface area contributed by atoms with Gasteiger partial charge in [0.25, 0.3) is 5.91 Å². The Balaban J connectivity index is 1.69. The third-order valence-corrected chi connectivity index (χ3v) is 4.47. The molecule has 1 aromatic rings. The summed E-state index contributed by atoms with van der Waals surface area (Å²) in [6.07, 6.45) is 4.48. The number of hydrogen-bond donors (Lipinski definition) is 1. The number of sulfone groups is 1. The zero-order chi connectivity index (χ0) is 15.3. The number of carbonyl (C=O) groups excluding carboxylic acids is 1. The predicted molar refractivity (Wildman–Crippen MR) is 80.0 cm³/mol. The maximum Gasteiger partial charge on any atom is 0.251 e. The van der Waals surface area contributed by atoms with Crippen LogP contribution in [-0.4, -0.2) is 40.3 Å². The van der Waals surface area contributed by atoms with Crippen LogP contribution in [0.2, 0.25) is 0 Å². The Morgan fingerprint density at radius 3 is 2.52 bits per heavy atom. The molecule has 1 aliphatic carbocycles. The lowest BCUT2D eigenvalue weighted by atomic mass is 10.2. The van der Waals surface area contributed by atoms with Crippen molar-refractivity contribution in [2.24, 2.45) is 5.92 Å². The van der Waals surface area contributed by atoms with Crippen LogP contribution in [0.5, 0.6) is 0 Å². The van der Waals surface area contributed by atoms with Crippen molar-refractivity contribution in [2.75, 3.05) is 26.0 Å². The lowest BCUT2D eigenvalue weighted by molar-refractivity contribution is 0.0937. The molecule has 0 spiro atoms. The molecule has 2 rings (SSSR count).